The van der Waals surface area contributed by atoms with E-state index >= 15 is 0 Å². The number of benzene rings is 1. The zero-order chi connectivity index (χ0) is 12.5. The molecule has 3 unspecified atom stereocenters. The molecule has 0 spiro atoms. The van der Waals surface area contributed by atoms with Gasteiger partial charge >= 0.3 is 0 Å². The van der Waals surface area contributed by atoms with Gasteiger partial charge in [0.25, 0.3) is 0 Å². The van der Waals surface area contributed by atoms with E-state index in [1.54, 1.807) is 0 Å². The van der Waals surface area contributed by atoms with Crippen LogP contribution in [0.1, 0.15) is 30.9 Å². The highest BCUT2D eigenvalue weighted by Gasteiger charge is 2.48. The first-order valence-electron chi connectivity index (χ1n) is 6.69. The largest absolute Gasteiger partial charge is 0.348 e. The Hall–Kier alpha value is -1.02. The van der Waals surface area contributed by atoms with Gasteiger partial charge in [-0.1, -0.05) is 30.3 Å². The van der Waals surface area contributed by atoms with Crippen molar-refractivity contribution in [3.63, 3.8) is 0 Å². The molecule has 3 rings (SSSR count). The summed E-state index contributed by atoms with van der Waals surface area (Å²) in [7, 11) is 0. The highest BCUT2D eigenvalue weighted by atomic mass is 35.5. The van der Waals surface area contributed by atoms with Crippen LogP contribution >= 0.6 is 11.6 Å². The van der Waals surface area contributed by atoms with E-state index in [9.17, 15) is 4.79 Å². The van der Waals surface area contributed by atoms with E-state index in [0.29, 0.717) is 5.88 Å². The number of alkyl halides is 1. The van der Waals surface area contributed by atoms with E-state index in [-0.39, 0.29) is 17.9 Å². The van der Waals surface area contributed by atoms with Gasteiger partial charge in [0, 0.05) is 11.8 Å². The van der Waals surface area contributed by atoms with E-state index in [2.05, 4.69) is 5.32 Å². The van der Waals surface area contributed by atoms with Crippen LogP contribution in [0.25, 0.3) is 0 Å². The second-order valence-corrected chi connectivity index (χ2v) is 5.86. The molecule has 1 N–H and O–H groups in total. The lowest BCUT2D eigenvalue weighted by Gasteiger charge is -2.19. The van der Waals surface area contributed by atoms with Crippen molar-refractivity contribution in [2.45, 2.75) is 25.3 Å². The van der Waals surface area contributed by atoms with Crippen molar-refractivity contribution in [3.8, 4) is 0 Å². The molecule has 2 aliphatic rings. The average molecular weight is 264 g/mol. The molecule has 0 aromatic heterocycles. The number of carbonyl (C=O) groups excluding carboxylic acids is 1. The normalized spacial score (nSPS) is 30.6. The Labute approximate surface area is 113 Å². The Morgan fingerprint density at radius 2 is 1.89 bits per heavy atom. The molecule has 1 amide bonds. The molecule has 0 aliphatic heterocycles. The smallest absolute Gasteiger partial charge is 0.223 e. The SMILES string of the molecule is O=C(NC(CCl)c1ccccc1)C1CC2CC2C1. The minimum Gasteiger partial charge on any atom is -0.348 e. The maximum atomic E-state index is 12.2. The molecule has 3 heteroatoms. The number of carbonyl (C=O) groups is 1. The lowest BCUT2D eigenvalue weighted by Crippen LogP contribution is -2.34. The number of halogens is 1. The molecular weight excluding hydrogens is 246 g/mol. The zero-order valence-electron chi connectivity index (χ0n) is 10.3. The Morgan fingerprint density at radius 1 is 1.22 bits per heavy atom. The fraction of sp³-hybridized carbons (Fsp3) is 0.533. The summed E-state index contributed by atoms with van der Waals surface area (Å²) in [5.41, 5.74) is 1.09. The number of amides is 1. The first kappa shape index (κ1) is 12.0. The second kappa shape index (κ2) is 4.93. The highest BCUT2D eigenvalue weighted by molar-refractivity contribution is 6.18. The molecule has 18 heavy (non-hydrogen) atoms. The van der Waals surface area contributed by atoms with Crippen molar-refractivity contribution in [1.82, 2.24) is 5.32 Å². The molecule has 2 nitrogen and oxygen atoms in total. The number of rotatable bonds is 4. The second-order valence-electron chi connectivity index (χ2n) is 5.55. The number of hydrogen-bond acceptors (Lipinski definition) is 1. The van der Waals surface area contributed by atoms with E-state index in [1.165, 1.54) is 6.42 Å². The van der Waals surface area contributed by atoms with Gasteiger partial charge in [-0.25, -0.2) is 0 Å². The summed E-state index contributed by atoms with van der Waals surface area (Å²) >= 11 is 5.98. The monoisotopic (exact) mass is 263 g/mol. The van der Waals surface area contributed by atoms with Crippen molar-refractivity contribution >= 4 is 17.5 Å². The Kier molecular flexibility index (Phi) is 3.29. The molecule has 96 valence electrons. The fourth-order valence-electron chi connectivity index (χ4n) is 3.11. The van der Waals surface area contributed by atoms with Crippen molar-refractivity contribution in [2.24, 2.45) is 17.8 Å². The molecule has 2 saturated carbocycles. The van der Waals surface area contributed by atoms with E-state index < -0.39 is 0 Å². The lowest BCUT2D eigenvalue weighted by molar-refractivity contribution is -0.125. The molecule has 1 aromatic rings. The summed E-state index contributed by atoms with van der Waals surface area (Å²) in [5.74, 6) is 2.52. The summed E-state index contributed by atoms with van der Waals surface area (Å²) in [6.07, 6.45) is 3.52. The van der Waals surface area contributed by atoms with Crippen LogP contribution in [0, 0.1) is 17.8 Å². The number of fused-ring (bicyclic) bond motifs is 1. The van der Waals surface area contributed by atoms with Crippen molar-refractivity contribution < 1.29 is 4.79 Å². The van der Waals surface area contributed by atoms with Crippen LogP contribution in [0.2, 0.25) is 0 Å². The summed E-state index contributed by atoms with van der Waals surface area (Å²) in [6.45, 7) is 0. The Balaban J connectivity index is 1.61. The van der Waals surface area contributed by atoms with Crippen LogP contribution in [0.3, 0.4) is 0 Å². The van der Waals surface area contributed by atoms with Crippen LogP contribution in [0.5, 0.6) is 0 Å². The van der Waals surface area contributed by atoms with Crippen molar-refractivity contribution in [2.75, 3.05) is 5.88 Å². The van der Waals surface area contributed by atoms with Crippen LogP contribution in [0.15, 0.2) is 30.3 Å². The van der Waals surface area contributed by atoms with Gasteiger partial charge in [-0.3, -0.25) is 4.79 Å². The number of hydrogen-bond donors (Lipinski definition) is 1. The minimum absolute atomic E-state index is 0.0581. The first-order valence-corrected chi connectivity index (χ1v) is 7.22. The van der Waals surface area contributed by atoms with Gasteiger partial charge in [-0.2, -0.15) is 0 Å². The molecular formula is C15H18ClNO. The molecule has 0 saturated heterocycles. The minimum atomic E-state index is -0.0581. The molecule has 1 aromatic carbocycles. The van der Waals surface area contributed by atoms with Gasteiger partial charge in [0.2, 0.25) is 5.91 Å². The third-order valence-electron chi connectivity index (χ3n) is 4.29. The summed E-state index contributed by atoms with van der Waals surface area (Å²) < 4.78 is 0. The maximum absolute atomic E-state index is 12.2. The number of nitrogens with one attached hydrogen (secondary N) is 1. The molecule has 0 heterocycles. The third kappa shape index (κ3) is 2.39. The Bertz CT molecular complexity index is 423. The molecule has 0 bridgehead atoms. The van der Waals surface area contributed by atoms with E-state index in [1.807, 2.05) is 30.3 Å². The summed E-state index contributed by atoms with van der Waals surface area (Å²) in [6, 6.07) is 9.90. The van der Waals surface area contributed by atoms with Gasteiger partial charge in [-0.05, 0) is 36.7 Å². The Morgan fingerprint density at radius 3 is 2.50 bits per heavy atom. The molecule has 3 atom stereocenters. The van der Waals surface area contributed by atoms with Crippen molar-refractivity contribution in [3.05, 3.63) is 35.9 Å². The van der Waals surface area contributed by atoms with E-state index in [4.69, 9.17) is 11.6 Å². The predicted molar refractivity (Wildman–Crippen MR) is 72.4 cm³/mol. The van der Waals surface area contributed by atoms with Gasteiger partial charge in [0.1, 0.15) is 0 Å². The van der Waals surface area contributed by atoms with Gasteiger partial charge in [0.05, 0.1) is 6.04 Å². The van der Waals surface area contributed by atoms with Gasteiger partial charge in [-0.15, -0.1) is 11.6 Å². The molecule has 2 fully saturated rings. The van der Waals surface area contributed by atoms with Crippen LogP contribution in [-0.2, 0) is 4.79 Å². The maximum Gasteiger partial charge on any atom is 0.223 e. The van der Waals surface area contributed by atoms with Crippen LogP contribution in [-0.4, -0.2) is 11.8 Å². The first-order chi connectivity index (χ1) is 8.78. The lowest BCUT2D eigenvalue weighted by atomic mass is 10.0. The highest BCUT2D eigenvalue weighted by Crippen LogP contribution is 2.54. The molecule has 2 aliphatic carbocycles. The van der Waals surface area contributed by atoms with Crippen LogP contribution in [0.4, 0.5) is 0 Å². The average Bonchev–Trinajstić information content (AvgIpc) is 3.03. The predicted octanol–water partition coefficient (Wildman–Crippen LogP) is 3.13. The van der Waals surface area contributed by atoms with Crippen molar-refractivity contribution in [1.29, 1.82) is 0 Å². The zero-order valence-corrected chi connectivity index (χ0v) is 11.1. The third-order valence-corrected chi connectivity index (χ3v) is 4.60. The van der Waals surface area contributed by atoms with Crippen LogP contribution < -0.4 is 5.32 Å². The summed E-state index contributed by atoms with van der Waals surface area (Å²) in [4.78, 5) is 12.2. The van der Waals surface area contributed by atoms with E-state index in [0.717, 1.165) is 30.2 Å². The molecule has 0 radical (unpaired) electrons. The summed E-state index contributed by atoms with van der Waals surface area (Å²) in [5, 5.41) is 3.10. The standard InChI is InChI=1S/C15H18ClNO/c16-9-14(10-4-2-1-3-5-10)17-15(18)13-7-11-6-12(11)8-13/h1-5,11-14H,6-9H2,(H,17,18). The topological polar surface area (TPSA) is 29.1 Å². The van der Waals surface area contributed by atoms with Gasteiger partial charge in [0.15, 0.2) is 0 Å². The fourth-order valence-corrected chi connectivity index (χ4v) is 3.37. The van der Waals surface area contributed by atoms with Gasteiger partial charge < -0.3 is 5.32 Å². The quantitative estimate of drug-likeness (QED) is 0.831.